The summed E-state index contributed by atoms with van der Waals surface area (Å²) in [5, 5.41) is 8.49. The Labute approximate surface area is 89.5 Å². The summed E-state index contributed by atoms with van der Waals surface area (Å²) in [4.78, 5) is 0.906. The molecular formula is C11H14O2S. The Bertz CT molecular complexity index is 272. The Morgan fingerprint density at radius 2 is 1.93 bits per heavy atom. The predicted octanol–water partition coefficient (Wildman–Crippen LogP) is 1.80. The molecule has 0 amide bonds. The highest BCUT2D eigenvalue weighted by molar-refractivity contribution is 7.80. The van der Waals surface area contributed by atoms with E-state index < -0.39 is 0 Å². The molecule has 0 saturated carbocycles. The molecule has 0 bridgehead atoms. The fraction of sp³-hybridized carbons (Fsp3) is 0.364. The molecule has 0 unspecified atom stereocenters. The van der Waals surface area contributed by atoms with Crippen molar-refractivity contribution in [2.45, 2.75) is 6.42 Å². The molecule has 0 aliphatic heterocycles. The van der Waals surface area contributed by atoms with Crippen molar-refractivity contribution in [1.82, 2.24) is 0 Å². The molecule has 76 valence electrons. The highest BCUT2D eigenvalue weighted by atomic mass is 32.1. The fourth-order valence-corrected chi connectivity index (χ4v) is 1.32. The fourth-order valence-electron chi connectivity index (χ4n) is 1.10. The summed E-state index contributed by atoms with van der Waals surface area (Å²) in [6.07, 6.45) is 0.735. The zero-order valence-electron chi connectivity index (χ0n) is 7.98. The molecule has 0 atom stereocenters. The smallest absolute Gasteiger partial charge is 0.0697 e. The molecule has 0 radical (unpaired) electrons. The molecule has 0 aliphatic rings. The third-order valence-electron chi connectivity index (χ3n) is 1.80. The van der Waals surface area contributed by atoms with E-state index in [0.29, 0.717) is 13.2 Å². The van der Waals surface area contributed by atoms with Crippen LogP contribution >= 0.6 is 12.2 Å². The van der Waals surface area contributed by atoms with E-state index in [2.05, 4.69) is 0 Å². The van der Waals surface area contributed by atoms with Crippen LogP contribution in [-0.2, 0) is 4.74 Å². The van der Waals surface area contributed by atoms with E-state index >= 15 is 0 Å². The van der Waals surface area contributed by atoms with Crippen LogP contribution in [0.15, 0.2) is 30.3 Å². The second kappa shape index (κ2) is 6.65. The summed E-state index contributed by atoms with van der Waals surface area (Å²) in [6, 6.07) is 9.89. The second-order valence-electron chi connectivity index (χ2n) is 2.88. The first-order valence-electron chi connectivity index (χ1n) is 4.61. The Hall–Kier alpha value is -0.770. The van der Waals surface area contributed by atoms with Crippen molar-refractivity contribution < 1.29 is 9.84 Å². The standard InChI is InChI=1S/C11H14O2S/c12-7-9-13-8-6-11(14)10-4-2-1-3-5-10/h1-5,12H,6-9H2. The molecule has 0 fully saturated rings. The number of aliphatic hydroxyl groups excluding tert-OH is 1. The van der Waals surface area contributed by atoms with Gasteiger partial charge in [0.1, 0.15) is 0 Å². The maximum Gasteiger partial charge on any atom is 0.0697 e. The van der Waals surface area contributed by atoms with Crippen LogP contribution in [0, 0.1) is 0 Å². The summed E-state index contributed by atoms with van der Waals surface area (Å²) >= 11 is 5.23. The lowest BCUT2D eigenvalue weighted by Crippen LogP contribution is -2.06. The molecule has 0 spiro atoms. The molecule has 0 aliphatic carbocycles. The molecular weight excluding hydrogens is 196 g/mol. The van der Waals surface area contributed by atoms with Gasteiger partial charge in [0.05, 0.1) is 19.8 Å². The van der Waals surface area contributed by atoms with Gasteiger partial charge in [-0.2, -0.15) is 0 Å². The average molecular weight is 210 g/mol. The van der Waals surface area contributed by atoms with Gasteiger partial charge in [-0.05, 0) is 5.56 Å². The zero-order chi connectivity index (χ0) is 10.2. The van der Waals surface area contributed by atoms with E-state index in [0.717, 1.165) is 16.8 Å². The highest BCUT2D eigenvalue weighted by Crippen LogP contribution is 2.04. The molecule has 14 heavy (non-hydrogen) atoms. The third kappa shape index (κ3) is 3.96. The Balaban J connectivity index is 2.29. The lowest BCUT2D eigenvalue weighted by atomic mass is 10.1. The topological polar surface area (TPSA) is 29.5 Å². The van der Waals surface area contributed by atoms with Gasteiger partial charge in [0.25, 0.3) is 0 Å². The summed E-state index contributed by atoms with van der Waals surface area (Å²) in [6.45, 7) is 1.03. The second-order valence-corrected chi connectivity index (χ2v) is 3.37. The first-order chi connectivity index (χ1) is 6.84. The van der Waals surface area contributed by atoms with Crippen LogP contribution in [-0.4, -0.2) is 29.8 Å². The van der Waals surface area contributed by atoms with Gasteiger partial charge < -0.3 is 9.84 Å². The maximum atomic E-state index is 8.49. The number of aliphatic hydroxyl groups is 1. The number of hydrogen-bond donors (Lipinski definition) is 1. The minimum Gasteiger partial charge on any atom is -0.394 e. The van der Waals surface area contributed by atoms with Crippen molar-refractivity contribution in [3.63, 3.8) is 0 Å². The van der Waals surface area contributed by atoms with Crippen molar-refractivity contribution in [1.29, 1.82) is 0 Å². The summed E-state index contributed by atoms with van der Waals surface area (Å²) in [5.41, 5.74) is 1.08. The van der Waals surface area contributed by atoms with E-state index in [9.17, 15) is 0 Å². The van der Waals surface area contributed by atoms with Gasteiger partial charge in [-0.25, -0.2) is 0 Å². The normalized spacial score (nSPS) is 10.1. The van der Waals surface area contributed by atoms with Crippen LogP contribution < -0.4 is 0 Å². The lowest BCUT2D eigenvalue weighted by Gasteiger charge is -2.04. The molecule has 1 N–H and O–H groups in total. The van der Waals surface area contributed by atoms with Crippen molar-refractivity contribution in [3.8, 4) is 0 Å². The number of rotatable bonds is 6. The van der Waals surface area contributed by atoms with Gasteiger partial charge in [0.15, 0.2) is 0 Å². The van der Waals surface area contributed by atoms with Crippen molar-refractivity contribution in [3.05, 3.63) is 35.9 Å². The number of thiocarbonyl (C=S) groups is 1. The third-order valence-corrected chi connectivity index (χ3v) is 2.24. The van der Waals surface area contributed by atoms with E-state index in [-0.39, 0.29) is 6.61 Å². The highest BCUT2D eigenvalue weighted by Gasteiger charge is 1.99. The molecule has 1 rings (SSSR count). The van der Waals surface area contributed by atoms with Crippen LogP contribution in [0.1, 0.15) is 12.0 Å². The van der Waals surface area contributed by atoms with Gasteiger partial charge in [0, 0.05) is 11.3 Å². The van der Waals surface area contributed by atoms with Crippen LogP contribution in [0.2, 0.25) is 0 Å². The average Bonchev–Trinajstić information content (AvgIpc) is 2.25. The molecule has 0 saturated heterocycles. The quantitative estimate of drug-likeness (QED) is 0.441. The number of hydrogen-bond acceptors (Lipinski definition) is 3. The van der Waals surface area contributed by atoms with E-state index in [1.807, 2.05) is 30.3 Å². The zero-order valence-corrected chi connectivity index (χ0v) is 8.80. The molecule has 0 aromatic heterocycles. The van der Waals surface area contributed by atoms with Crippen LogP contribution in [0.3, 0.4) is 0 Å². The lowest BCUT2D eigenvalue weighted by molar-refractivity contribution is 0.0974. The van der Waals surface area contributed by atoms with E-state index in [1.165, 1.54) is 0 Å². The van der Waals surface area contributed by atoms with E-state index in [4.69, 9.17) is 22.1 Å². The van der Waals surface area contributed by atoms with Gasteiger partial charge in [-0.3, -0.25) is 0 Å². The van der Waals surface area contributed by atoms with Crippen LogP contribution in [0.4, 0.5) is 0 Å². The summed E-state index contributed by atoms with van der Waals surface area (Å²) in [7, 11) is 0. The van der Waals surface area contributed by atoms with Gasteiger partial charge >= 0.3 is 0 Å². The number of benzene rings is 1. The number of ether oxygens (including phenoxy) is 1. The SMILES string of the molecule is OCCOCCC(=S)c1ccccc1. The minimum atomic E-state index is 0.0676. The first kappa shape index (κ1) is 11.3. The Kier molecular flexibility index (Phi) is 5.37. The Morgan fingerprint density at radius 1 is 1.21 bits per heavy atom. The van der Waals surface area contributed by atoms with Gasteiger partial charge in [-0.15, -0.1) is 0 Å². The summed E-state index contributed by atoms with van der Waals surface area (Å²) in [5.74, 6) is 0. The van der Waals surface area contributed by atoms with Gasteiger partial charge in [0.2, 0.25) is 0 Å². The predicted molar refractivity (Wildman–Crippen MR) is 60.7 cm³/mol. The van der Waals surface area contributed by atoms with Crippen molar-refractivity contribution >= 4 is 17.1 Å². The van der Waals surface area contributed by atoms with Gasteiger partial charge in [-0.1, -0.05) is 42.5 Å². The minimum absolute atomic E-state index is 0.0676. The van der Waals surface area contributed by atoms with Crippen LogP contribution in [0.5, 0.6) is 0 Å². The molecule has 1 aromatic rings. The van der Waals surface area contributed by atoms with Crippen LogP contribution in [0.25, 0.3) is 0 Å². The van der Waals surface area contributed by atoms with E-state index in [1.54, 1.807) is 0 Å². The molecule has 3 heteroatoms. The van der Waals surface area contributed by atoms with Crippen molar-refractivity contribution in [2.24, 2.45) is 0 Å². The summed E-state index contributed by atoms with van der Waals surface area (Å²) < 4.78 is 5.14. The monoisotopic (exact) mass is 210 g/mol. The van der Waals surface area contributed by atoms with Crippen molar-refractivity contribution in [2.75, 3.05) is 19.8 Å². The largest absolute Gasteiger partial charge is 0.394 e. The first-order valence-corrected chi connectivity index (χ1v) is 5.02. The molecule has 0 heterocycles. The molecule has 2 nitrogen and oxygen atoms in total. The molecule has 1 aromatic carbocycles. The Morgan fingerprint density at radius 3 is 2.57 bits per heavy atom. The maximum absolute atomic E-state index is 8.49.